The molecule has 0 aromatic rings. The molecule has 20 heavy (non-hydrogen) atoms. The Hall–Kier alpha value is -1.65. The normalized spacial score (nSPS) is 12.6. The number of thioether (sulfide) groups is 1. The van der Waals surface area contributed by atoms with E-state index in [1.54, 1.807) is 0 Å². The lowest BCUT2D eigenvalue weighted by atomic mass is 10.1. The van der Waals surface area contributed by atoms with Gasteiger partial charge in [0.15, 0.2) is 0 Å². The molecule has 0 fully saturated rings. The average Bonchev–Trinajstić information content (AvgIpc) is 2.28. The lowest BCUT2D eigenvalue weighted by Crippen LogP contribution is -2.46. The van der Waals surface area contributed by atoms with Gasteiger partial charge in [-0.05, 0) is 18.2 Å². The highest BCUT2D eigenvalue weighted by atomic mass is 32.2. The maximum Gasteiger partial charge on any atom is 0.441 e. The molecular weight excluding hydrogens is 305 g/mol. The van der Waals surface area contributed by atoms with E-state index >= 15 is 0 Å². The van der Waals surface area contributed by atoms with Crippen LogP contribution in [0.1, 0.15) is 12.8 Å². The minimum Gasteiger partial charge on any atom is -0.481 e. The standard InChI is InChI=1S/C9H13F3N2O5S/c10-9(11,12)20-4-3-13-8(19)14-5(7(17)18)1-2-6(15)16/h5H,1-4H2,(H,15,16)(H,17,18)(H2,13,14,19). The van der Waals surface area contributed by atoms with Gasteiger partial charge in [0.05, 0.1) is 0 Å². The van der Waals surface area contributed by atoms with E-state index in [0.29, 0.717) is 0 Å². The van der Waals surface area contributed by atoms with Crippen LogP contribution in [0.4, 0.5) is 18.0 Å². The summed E-state index contributed by atoms with van der Waals surface area (Å²) in [5, 5.41) is 21.1. The Morgan fingerprint density at radius 2 is 1.80 bits per heavy atom. The molecule has 0 aromatic carbocycles. The van der Waals surface area contributed by atoms with Gasteiger partial charge in [0.25, 0.3) is 0 Å². The van der Waals surface area contributed by atoms with Gasteiger partial charge in [0.2, 0.25) is 0 Å². The van der Waals surface area contributed by atoms with Crippen LogP contribution in [0.3, 0.4) is 0 Å². The summed E-state index contributed by atoms with van der Waals surface area (Å²) in [4.78, 5) is 32.2. The lowest BCUT2D eigenvalue weighted by Gasteiger charge is -2.14. The zero-order valence-corrected chi connectivity index (χ0v) is 10.9. The summed E-state index contributed by atoms with van der Waals surface area (Å²) in [6, 6.07) is -2.38. The molecule has 11 heteroatoms. The molecule has 0 aliphatic carbocycles. The summed E-state index contributed by atoms with van der Waals surface area (Å²) in [5.74, 6) is -3.06. The zero-order valence-electron chi connectivity index (χ0n) is 10.1. The second-order valence-electron chi connectivity index (χ2n) is 3.52. The van der Waals surface area contributed by atoms with E-state index < -0.39 is 41.7 Å². The minimum atomic E-state index is -4.40. The third-order valence-corrected chi connectivity index (χ3v) is 2.64. The van der Waals surface area contributed by atoms with Crippen molar-refractivity contribution in [3.05, 3.63) is 0 Å². The van der Waals surface area contributed by atoms with Gasteiger partial charge in [-0.2, -0.15) is 13.2 Å². The predicted molar refractivity (Wildman–Crippen MR) is 63.3 cm³/mol. The largest absolute Gasteiger partial charge is 0.481 e. The van der Waals surface area contributed by atoms with Crippen molar-refractivity contribution in [2.24, 2.45) is 0 Å². The fraction of sp³-hybridized carbons (Fsp3) is 0.667. The Morgan fingerprint density at radius 3 is 2.25 bits per heavy atom. The number of hydrogen-bond donors (Lipinski definition) is 4. The van der Waals surface area contributed by atoms with Crippen molar-refractivity contribution in [3.8, 4) is 0 Å². The second-order valence-corrected chi connectivity index (χ2v) is 4.68. The molecule has 0 aromatic heterocycles. The van der Waals surface area contributed by atoms with E-state index in [1.165, 1.54) is 0 Å². The Balaban J connectivity index is 4.01. The van der Waals surface area contributed by atoms with Crippen LogP contribution in [0.5, 0.6) is 0 Å². The summed E-state index contributed by atoms with van der Waals surface area (Å²) < 4.78 is 35.3. The molecule has 0 rings (SSSR count). The predicted octanol–water partition coefficient (Wildman–Crippen LogP) is 0.857. The zero-order chi connectivity index (χ0) is 15.8. The molecule has 0 saturated heterocycles. The number of rotatable bonds is 8. The number of carboxylic acid groups (broad SMARTS) is 2. The van der Waals surface area contributed by atoms with Crippen LogP contribution >= 0.6 is 11.8 Å². The minimum absolute atomic E-state index is 0.304. The Labute approximate surface area is 115 Å². The van der Waals surface area contributed by atoms with Gasteiger partial charge in [-0.15, -0.1) is 0 Å². The first-order valence-corrected chi connectivity index (χ1v) is 6.30. The average molecular weight is 318 g/mol. The molecule has 0 spiro atoms. The second kappa shape index (κ2) is 8.51. The van der Waals surface area contributed by atoms with Gasteiger partial charge < -0.3 is 20.8 Å². The molecule has 0 bridgehead atoms. The van der Waals surface area contributed by atoms with Crippen LogP contribution in [0, 0.1) is 0 Å². The molecule has 0 aliphatic rings. The summed E-state index contributed by atoms with van der Waals surface area (Å²) in [7, 11) is 0. The van der Waals surface area contributed by atoms with E-state index in [-0.39, 0.29) is 24.7 Å². The van der Waals surface area contributed by atoms with E-state index in [9.17, 15) is 27.6 Å². The van der Waals surface area contributed by atoms with E-state index in [2.05, 4.69) is 0 Å². The van der Waals surface area contributed by atoms with Crippen LogP contribution in [-0.4, -0.2) is 52.0 Å². The van der Waals surface area contributed by atoms with Gasteiger partial charge >= 0.3 is 23.5 Å². The molecule has 0 aliphatic heterocycles. The topological polar surface area (TPSA) is 116 Å². The van der Waals surface area contributed by atoms with Crippen molar-refractivity contribution in [2.75, 3.05) is 12.3 Å². The molecule has 1 atom stereocenters. The highest BCUT2D eigenvalue weighted by Gasteiger charge is 2.27. The number of carbonyl (C=O) groups is 3. The van der Waals surface area contributed by atoms with Crippen LogP contribution in [0.15, 0.2) is 0 Å². The van der Waals surface area contributed by atoms with Crippen molar-refractivity contribution in [2.45, 2.75) is 24.4 Å². The number of nitrogens with one attached hydrogen (secondary N) is 2. The lowest BCUT2D eigenvalue weighted by molar-refractivity contribution is -0.140. The van der Waals surface area contributed by atoms with Crippen LogP contribution < -0.4 is 10.6 Å². The van der Waals surface area contributed by atoms with Crippen LogP contribution in [-0.2, 0) is 9.59 Å². The molecule has 0 saturated carbocycles. The molecule has 0 heterocycles. The number of amides is 2. The van der Waals surface area contributed by atoms with Crippen LogP contribution in [0.25, 0.3) is 0 Å². The van der Waals surface area contributed by atoms with Crippen molar-refractivity contribution in [1.82, 2.24) is 10.6 Å². The summed E-state index contributed by atoms with van der Waals surface area (Å²) >= 11 is -0.322. The SMILES string of the molecule is O=C(O)CCC(NC(=O)NCCSC(F)(F)F)C(=O)O. The van der Waals surface area contributed by atoms with Gasteiger partial charge in [0.1, 0.15) is 6.04 Å². The van der Waals surface area contributed by atoms with Gasteiger partial charge in [-0.1, -0.05) is 0 Å². The molecule has 7 nitrogen and oxygen atoms in total. The van der Waals surface area contributed by atoms with Crippen LogP contribution in [0.2, 0.25) is 0 Å². The number of carboxylic acids is 2. The Kier molecular flexibility index (Phi) is 7.80. The van der Waals surface area contributed by atoms with E-state index in [4.69, 9.17) is 10.2 Å². The Morgan fingerprint density at radius 1 is 1.20 bits per heavy atom. The van der Waals surface area contributed by atoms with Crippen molar-refractivity contribution in [3.63, 3.8) is 0 Å². The smallest absolute Gasteiger partial charge is 0.441 e. The Bertz CT molecular complexity index is 364. The fourth-order valence-corrected chi connectivity index (χ4v) is 1.50. The molecule has 116 valence electrons. The van der Waals surface area contributed by atoms with Gasteiger partial charge in [0, 0.05) is 18.7 Å². The monoisotopic (exact) mass is 318 g/mol. The third-order valence-electron chi connectivity index (χ3n) is 1.90. The van der Waals surface area contributed by atoms with Crippen molar-refractivity contribution in [1.29, 1.82) is 0 Å². The first-order chi connectivity index (χ1) is 9.11. The number of carbonyl (C=O) groups excluding carboxylic acids is 1. The van der Waals surface area contributed by atoms with Crippen molar-refractivity contribution < 1.29 is 37.8 Å². The quantitative estimate of drug-likeness (QED) is 0.493. The fourth-order valence-electron chi connectivity index (χ4n) is 1.07. The van der Waals surface area contributed by atoms with Crippen molar-refractivity contribution >= 4 is 29.7 Å². The number of halogens is 3. The number of hydrogen-bond acceptors (Lipinski definition) is 4. The molecular formula is C9H13F3N2O5S. The summed E-state index contributed by atoms with van der Waals surface area (Å²) in [6.07, 6.45) is -0.781. The number of alkyl halides is 3. The first-order valence-electron chi connectivity index (χ1n) is 5.31. The van der Waals surface area contributed by atoms with E-state index in [0.717, 1.165) is 0 Å². The number of aliphatic carboxylic acids is 2. The molecule has 1 unspecified atom stereocenters. The number of urea groups is 1. The first kappa shape index (κ1) is 18.4. The maximum atomic E-state index is 11.8. The third kappa shape index (κ3) is 10.3. The highest BCUT2D eigenvalue weighted by Crippen LogP contribution is 2.29. The molecule has 2 amide bonds. The molecule has 0 radical (unpaired) electrons. The van der Waals surface area contributed by atoms with E-state index in [1.807, 2.05) is 10.6 Å². The summed E-state index contributed by atoms with van der Waals surface area (Å²) in [6.45, 7) is -0.304. The summed E-state index contributed by atoms with van der Waals surface area (Å²) in [5.41, 5.74) is -4.40. The van der Waals surface area contributed by atoms with Gasteiger partial charge in [-0.3, -0.25) is 4.79 Å². The maximum absolute atomic E-state index is 11.8. The highest BCUT2D eigenvalue weighted by molar-refractivity contribution is 8.00. The molecule has 4 N–H and O–H groups in total. The van der Waals surface area contributed by atoms with Gasteiger partial charge in [-0.25, -0.2) is 9.59 Å².